The van der Waals surface area contributed by atoms with Crippen molar-refractivity contribution in [1.82, 2.24) is 9.99 Å². The summed E-state index contributed by atoms with van der Waals surface area (Å²) >= 11 is 6.41. The lowest BCUT2D eigenvalue weighted by Gasteiger charge is -2.22. The first-order valence-electron chi connectivity index (χ1n) is 14.2. The second-order valence-electron chi connectivity index (χ2n) is 10.5. The summed E-state index contributed by atoms with van der Waals surface area (Å²) in [6.45, 7) is 0. The molecule has 0 unspecified atom stereocenters. The van der Waals surface area contributed by atoms with Gasteiger partial charge in [-0.3, -0.25) is 14.4 Å². The van der Waals surface area contributed by atoms with Gasteiger partial charge in [-0.05, 0) is 41.5 Å². The monoisotopic (exact) mass is 604 g/mol. The summed E-state index contributed by atoms with van der Waals surface area (Å²) in [7, 11) is 1.55. The van der Waals surface area contributed by atoms with E-state index in [2.05, 4.69) is 10.3 Å². The van der Waals surface area contributed by atoms with Gasteiger partial charge in [0.05, 0.1) is 24.4 Å². The Balaban J connectivity index is 1.36. The van der Waals surface area contributed by atoms with Gasteiger partial charge in [0, 0.05) is 52.5 Å². The van der Waals surface area contributed by atoms with Gasteiger partial charge in [0.25, 0.3) is 5.56 Å². The second kappa shape index (κ2) is 12.6. The maximum absolute atomic E-state index is 13.7. The topological polar surface area (TPSA) is 104 Å². The summed E-state index contributed by atoms with van der Waals surface area (Å²) in [5, 5.41) is 10.3. The molecule has 0 saturated heterocycles. The highest BCUT2D eigenvalue weighted by Crippen LogP contribution is 2.37. The van der Waals surface area contributed by atoms with Crippen molar-refractivity contribution in [2.75, 3.05) is 12.4 Å². The minimum Gasteiger partial charge on any atom is -0.497 e. The number of pyridine rings is 1. The first-order chi connectivity index (χ1) is 21.4. The molecule has 1 aromatic heterocycles. The van der Waals surface area contributed by atoms with E-state index in [9.17, 15) is 14.4 Å². The van der Waals surface area contributed by atoms with E-state index >= 15 is 0 Å². The Morgan fingerprint density at radius 1 is 0.932 bits per heavy atom. The molecule has 0 aliphatic carbocycles. The third-order valence-electron chi connectivity index (χ3n) is 7.60. The molecular weight excluding hydrogens is 576 g/mol. The molecule has 1 aliphatic heterocycles. The first kappa shape index (κ1) is 28.9. The SMILES string of the molecule is COc1cccc(NC(=O)CCC(=O)N2N=C(c3c(-c4ccccc4)c4cc(Cl)ccc4[nH]c3=O)C[C@@H]2c2ccccc2)c1. The summed E-state index contributed by atoms with van der Waals surface area (Å²) in [6, 6.07) is 31.1. The Morgan fingerprint density at radius 3 is 2.43 bits per heavy atom. The van der Waals surface area contributed by atoms with Crippen LogP contribution in [0.25, 0.3) is 22.0 Å². The number of methoxy groups -OCH3 is 1. The fraction of sp³-hybridized carbons (Fsp3) is 0.143. The van der Waals surface area contributed by atoms with E-state index in [4.69, 9.17) is 21.4 Å². The number of hydrogen-bond donors (Lipinski definition) is 2. The van der Waals surface area contributed by atoms with Crippen LogP contribution < -0.4 is 15.6 Å². The Bertz CT molecular complexity index is 1940. The van der Waals surface area contributed by atoms with Gasteiger partial charge in [-0.1, -0.05) is 78.3 Å². The molecule has 1 atom stereocenters. The molecule has 8 nitrogen and oxygen atoms in total. The number of aromatic nitrogens is 1. The molecule has 0 radical (unpaired) electrons. The molecule has 0 spiro atoms. The number of rotatable bonds is 8. The molecule has 2 N–H and O–H groups in total. The van der Waals surface area contributed by atoms with Crippen molar-refractivity contribution in [2.45, 2.75) is 25.3 Å². The van der Waals surface area contributed by atoms with Gasteiger partial charge >= 0.3 is 0 Å². The molecule has 1 aliphatic rings. The van der Waals surface area contributed by atoms with Gasteiger partial charge in [0.1, 0.15) is 5.75 Å². The highest BCUT2D eigenvalue weighted by Gasteiger charge is 2.35. The number of halogens is 1. The number of amides is 2. The van der Waals surface area contributed by atoms with E-state index < -0.39 is 6.04 Å². The summed E-state index contributed by atoms with van der Waals surface area (Å²) in [4.78, 5) is 43.1. The molecule has 6 rings (SSSR count). The molecule has 4 aromatic carbocycles. The van der Waals surface area contributed by atoms with Crippen LogP contribution in [-0.2, 0) is 9.59 Å². The smallest absolute Gasteiger partial charge is 0.258 e. The zero-order chi connectivity index (χ0) is 30.6. The lowest BCUT2D eigenvalue weighted by molar-refractivity contribution is -0.134. The van der Waals surface area contributed by atoms with Crippen LogP contribution in [0.15, 0.2) is 113 Å². The molecule has 0 bridgehead atoms. The van der Waals surface area contributed by atoms with E-state index in [0.29, 0.717) is 45.2 Å². The summed E-state index contributed by atoms with van der Waals surface area (Å²) in [5.41, 5.74) is 4.19. The number of H-pyrrole nitrogens is 1. The average molecular weight is 605 g/mol. The second-order valence-corrected chi connectivity index (χ2v) is 10.9. The zero-order valence-electron chi connectivity index (χ0n) is 23.9. The number of ether oxygens (including phenoxy) is 1. The number of nitrogens with zero attached hydrogens (tertiary/aromatic N) is 2. The number of nitrogens with one attached hydrogen (secondary N) is 2. The van der Waals surface area contributed by atoms with Gasteiger partial charge in [-0.25, -0.2) is 5.01 Å². The Morgan fingerprint density at radius 2 is 1.68 bits per heavy atom. The highest BCUT2D eigenvalue weighted by molar-refractivity contribution is 6.31. The van der Waals surface area contributed by atoms with E-state index in [1.54, 1.807) is 43.5 Å². The minimum absolute atomic E-state index is 0.0385. The summed E-state index contributed by atoms with van der Waals surface area (Å²) in [5.74, 6) is -0.0130. The third kappa shape index (κ3) is 5.98. The van der Waals surface area contributed by atoms with Crippen molar-refractivity contribution in [3.63, 3.8) is 0 Å². The lowest BCUT2D eigenvalue weighted by Crippen LogP contribution is -2.28. The number of hydrogen-bond acceptors (Lipinski definition) is 5. The standard InChI is InChI=1S/C35H29ClN4O4/c1-44-26-14-8-13-25(20-26)37-31(41)17-18-32(42)40-30(22-9-4-2-5-10-22)21-29(39-40)34-33(23-11-6-3-7-12-23)27-19-24(36)15-16-28(27)38-35(34)43/h2-16,19-20,30H,17-18,21H2,1H3,(H,37,41)(H,38,43)/t30-/m1/s1. The van der Waals surface area contributed by atoms with Crippen LogP contribution >= 0.6 is 11.6 Å². The van der Waals surface area contributed by atoms with E-state index in [0.717, 1.165) is 16.5 Å². The van der Waals surface area contributed by atoms with Crippen molar-refractivity contribution in [1.29, 1.82) is 0 Å². The molecular formula is C35H29ClN4O4. The van der Waals surface area contributed by atoms with Crippen LogP contribution in [-0.4, -0.2) is 34.6 Å². The molecule has 220 valence electrons. The van der Waals surface area contributed by atoms with Gasteiger partial charge < -0.3 is 15.0 Å². The van der Waals surface area contributed by atoms with Crippen LogP contribution in [0.2, 0.25) is 5.02 Å². The molecule has 2 amide bonds. The fourth-order valence-corrected chi connectivity index (χ4v) is 5.70. The largest absolute Gasteiger partial charge is 0.497 e. The van der Waals surface area contributed by atoms with Gasteiger partial charge in [-0.2, -0.15) is 5.10 Å². The molecule has 9 heteroatoms. The third-order valence-corrected chi connectivity index (χ3v) is 7.83. The maximum Gasteiger partial charge on any atom is 0.258 e. The van der Waals surface area contributed by atoms with E-state index in [-0.39, 0.29) is 30.2 Å². The number of carbonyl (C=O) groups excluding carboxylic acids is 2. The minimum atomic E-state index is -0.446. The predicted octanol–water partition coefficient (Wildman–Crippen LogP) is 6.95. The number of aromatic amines is 1. The van der Waals surface area contributed by atoms with Crippen molar-refractivity contribution < 1.29 is 14.3 Å². The molecule has 2 heterocycles. The number of anilines is 1. The van der Waals surface area contributed by atoms with Crippen molar-refractivity contribution in [3.05, 3.63) is 130 Å². The predicted molar refractivity (Wildman–Crippen MR) is 173 cm³/mol. The van der Waals surface area contributed by atoms with Crippen LogP contribution in [0, 0.1) is 0 Å². The average Bonchev–Trinajstić information content (AvgIpc) is 3.49. The van der Waals surface area contributed by atoms with E-state index in [1.807, 2.05) is 66.7 Å². The fourth-order valence-electron chi connectivity index (χ4n) is 5.53. The van der Waals surface area contributed by atoms with Gasteiger partial charge in [-0.15, -0.1) is 0 Å². The van der Waals surface area contributed by atoms with Crippen LogP contribution in [0.5, 0.6) is 5.75 Å². The maximum atomic E-state index is 13.7. The Labute approximate surface area is 258 Å². The van der Waals surface area contributed by atoms with Gasteiger partial charge in [0.15, 0.2) is 0 Å². The van der Waals surface area contributed by atoms with Crippen molar-refractivity contribution in [3.8, 4) is 16.9 Å². The molecule has 0 saturated carbocycles. The normalized spacial score (nSPS) is 14.4. The number of fused-ring (bicyclic) bond motifs is 1. The highest BCUT2D eigenvalue weighted by atomic mass is 35.5. The molecule has 44 heavy (non-hydrogen) atoms. The molecule has 5 aromatic rings. The van der Waals surface area contributed by atoms with Crippen LogP contribution in [0.3, 0.4) is 0 Å². The van der Waals surface area contributed by atoms with Crippen molar-refractivity contribution in [2.24, 2.45) is 5.10 Å². The summed E-state index contributed by atoms with van der Waals surface area (Å²) < 4.78 is 5.22. The Kier molecular flexibility index (Phi) is 8.25. The Hall–Kier alpha value is -5.21. The first-order valence-corrected chi connectivity index (χ1v) is 14.6. The zero-order valence-corrected chi connectivity index (χ0v) is 24.7. The quantitative estimate of drug-likeness (QED) is 0.200. The van der Waals surface area contributed by atoms with Crippen LogP contribution in [0.1, 0.15) is 36.4 Å². The summed E-state index contributed by atoms with van der Waals surface area (Å²) in [6.07, 6.45) is 0.217. The number of benzene rings is 4. The number of carbonyl (C=O) groups is 2. The van der Waals surface area contributed by atoms with Crippen LogP contribution in [0.4, 0.5) is 5.69 Å². The number of hydrazone groups is 1. The van der Waals surface area contributed by atoms with Crippen molar-refractivity contribution >= 4 is 45.7 Å². The lowest BCUT2D eigenvalue weighted by atomic mass is 9.91. The van der Waals surface area contributed by atoms with E-state index in [1.165, 1.54) is 5.01 Å². The molecule has 0 fully saturated rings. The van der Waals surface area contributed by atoms with Gasteiger partial charge in [0.2, 0.25) is 11.8 Å².